The van der Waals surface area contributed by atoms with Crippen LogP contribution in [0.4, 0.5) is 16.4 Å². The molecule has 1 saturated carbocycles. The Morgan fingerprint density at radius 3 is 2.31 bits per heavy atom. The van der Waals surface area contributed by atoms with Gasteiger partial charge < -0.3 is 26.4 Å². The number of nitrogen functional groups attached to an aromatic ring is 1. The lowest BCUT2D eigenvalue weighted by Gasteiger charge is -2.34. The maximum absolute atomic E-state index is 13.0. The average molecular weight is 502 g/mol. The minimum atomic E-state index is -0.614. The number of aromatic nitrogens is 1. The van der Waals surface area contributed by atoms with E-state index in [1.54, 1.807) is 0 Å². The predicted octanol–water partition coefficient (Wildman–Crippen LogP) is 5.23. The van der Waals surface area contributed by atoms with Gasteiger partial charge in [0.05, 0.1) is 22.2 Å². The number of benzene rings is 1. The highest BCUT2D eigenvalue weighted by molar-refractivity contribution is 6.33. The quantitative estimate of drug-likeness (QED) is 0.430. The Balaban J connectivity index is 1.73. The van der Waals surface area contributed by atoms with Crippen LogP contribution in [0.15, 0.2) is 36.4 Å². The molecule has 2 aromatic rings. The lowest BCUT2D eigenvalue weighted by molar-refractivity contribution is 0.0488. The highest BCUT2D eigenvalue weighted by atomic mass is 35.5. The Bertz CT molecular complexity index is 1050. The number of nitrogens with one attached hydrogen (secondary N) is 3. The summed E-state index contributed by atoms with van der Waals surface area (Å²) in [6, 6.07) is 11.0. The van der Waals surface area contributed by atoms with Crippen molar-refractivity contribution in [2.75, 3.05) is 11.1 Å². The second kappa shape index (κ2) is 10.7. The molecule has 1 aromatic carbocycles. The number of alkyl carbamates (subject to hydrolysis) is 1. The van der Waals surface area contributed by atoms with Crippen molar-refractivity contribution in [3.8, 4) is 0 Å². The largest absolute Gasteiger partial charge is 0.444 e. The highest BCUT2D eigenvalue weighted by Crippen LogP contribution is 2.29. The summed E-state index contributed by atoms with van der Waals surface area (Å²) in [5.41, 5.74) is 6.16. The summed E-state index contributed by atoms with van der Waals surface area (Å²) in [5.74, 6) is 0.0936. The van der Waals surface area contributed by atoms with Crippen molar-refractivity contribution in [1.29, 1.82) is 0 Å². The van der Waals surface area contributed by atoms with Gasteiger partial charge in [-0.25, -0.2) is 9.78 Å². The van der Waals surface area contributed by atoms with E-state index in [0.29, 0.717) is 5.82 Å². The van der Waals surface area contributed by atoms with Crippen LogP contribution < -0.4 is 21.7 Å². The van der Waals surface area contributed by atoms with Gasteiger partial charge in [0.1, 0.15) is 17.2 Å². The van der Waals surface area contributed by atoms with Gasteiger partial charge in [-0.1, -0.05) is 54.8 Å². The molecule has 0 unspecified atom stereocenters. The maximum Gasteiger partial charge on any atom is 0.407 e. The van der Waals surface area contributed by atoms with Crippen molar-refractivity contribution in [1.82, 2.24) is 15.6 Å². The van der Waals surface area contributed by atoms with Gasteiger partial charge in [0.2, 0.25) is 0 Å². The molecule has 0 radical (unpaired) electrons. The molecule has 1 aliphatic rings. The van der Waals surface area contributed by atoms with Crippen LogP contribution in [0, 0.1) is 0 Å². The number of amides is 2. The van der Waals surface area contributed by atoms with E-state index in [2.05, 4.69) is 20.9 Å². The summed E-state index contributed by atoms with van der Waals surface area (Å²) >= 11 is 6.52. The van der Waals surface area contributed by atoms with Gasteiger partial charge in [-0.3, -0.25) is 4.79 Å². The molecule has 2 atom stereocenters. The number of halogens is 1. The molecule has 0 saturated heterocycles. The van der Waals surface area contributed by atoms with Crippen LogP contribution in [0.1, 0.15) is 76.2 Å². The van der Waals surface area contributed by atoms with Crippen molar-refractivity contribution in [3.05, 3.63) is 52.5 Å². The molecule has 1 heterocycles. The van der Waals surface area contributed by atoms with Gasteiger partial charge in [0.25, 0.3) is 5.91 Å². The smallest absolute Gasteiger partial charge is 0.407 e. The Kier molecular flexibility index (Phi) is 8.15. The molecule has 1 fully saturated rings. The van der Waals surface area contributed by atoms with E-state index in [1.165, 1.54) is 6.07 Å². The number of nitrogens with two attached hydrogens (primary N) is 1. The zero-order chi connectivity index (χ0) is 25.8. The molecular formula is C26H36ClN5O3. The van der Waals surface area contributed by atoms with Crippen LogP contribution in [0.5, 0.6) is 0 Å². The molecule has 0 spiro atoms. The van der Waals surface area contributed by atoms with E-state index < -0.39 is 17.2 Å². The third-order valence-electron chi connectivity index (χ3n) is 5.96. The van der Waals surface area contributed by atoms with Gasteiger partial charge in [-0.15, -0.1) is 0 Å². The summed E-state index contributed by atoms with van der Waals surface area (Å²) in [6.45, 7) is 9.32. The van der Waals surface area contributed by atoms with E-state index in [1.807, 2.05) is 65.0 Å². The fourth-order valence-corrected chi connectivity index (χ4v) is 4.38. The highest BCUT2D eigenvalue weighted by Gasteiger charge is 2.30. The lowest BCUT2D eigenvalue weighted by Crippen LogP contribution is -2.50. The van der Waals surface area contributed by atoms with E-state index in [4.69, 9.17) is 22.1 Å². The molecule has 3 rings (SSSR count). The number of anilines is 2. The lowest BCUT2D eigenvalue weighted by atomic mass is 9.90. The first-order valence-corrected chi connectivity index (χ1v) is 12.3. The van der Waals surface area contributed by atoms with Crippen molar-refractivity contribution in [2.45, 2.75) is 83.5 Å². The molecule has 35 heavy (non-hydrogen) atoms. The minimum absolute atomic E-state index is 0.0747. The zero-order valence-electron chi connectivity index (χ0n) is 21.1. The molecule has 1 aromatic heterocycles. The number of hydrogen-bond donors (Lipinski definition) is 4. The first kappa shape index (κ1) is 26.6. The van der Waals surface area contributed by atoms with Gasteiger partial charge in [-0.2, -0.15) is 0 Å². The SMILES string of the molecule is CC(C)(C)OC(=O)N[C@@H]1CCCC[C@@H]1Nc1nc(N)c(C(=O)NC(C)(C)c2ccccc2)cc1Cl. The topological polar surface area (TPSA) is 118 Å². The number of carbonyl (C=O) groups excluding carboxylic acids is 2. The Morgan fingerprint density at radius 2 is 1.69 bits per heavy atom. The summed E-state index contributed by atoms with van der Waals surface area (Å²) in [5, 5.41) is 9.57. The van der Waals surface area contributed by atoms with E-state index in [9.17, 15) is 9.59 Å². The van der Waals surface area contributed by atoms with Gasteiger partial charge in [0, 0.05) is 6.04 Å². The Hall–Kier alpha value is -3.00. The number of ether oxygens (including phenoxy) is 1. The number of carbonyl (C=O) groups is 2. The first-order valence-electron chi connectivity index (χ1n) is 12.0. The van der Waals surface area contributed by atoms with Crippen LogP contribution in [-0.2, 0) is 10.3 Å². The molecule has 0 bridgehead atoms. The molecule has 9 heteroatoms. The van der Waals surface area contributed by atoms with Crippen LogP contribution in [0.3, 0.4) is 0 Å². The second-order valence-corrected chi connectivity index (χ2v) is 10.9. The van der Waals surface area contributed by atoms with Crippen molar-refractivity contribution in [2.24, 2.45) is 0 Å². The number of hydrogen-bond acceptors (Lipinski definition) is 6. The fourth-order valence-electron chi connectivity index (χ4n) is 4.18. The molecule has 1 aliphatic carbocycles. The van der Waals surface area contributed by atoms with Gasteiger partial charge in [0.15, 0.2) is 0 Å². The second-order valence-electron chi connectivity index (χ2n) is 10.5. The first-order chi connectivity index (χ1) is 16.4. The van der Waals surface area contributed by atoms with Crippen LogP contribution in [-0.4, -0.2) is 34.7 Å². The van der Waals surface area contributed by atoms with Crippen molar-refractivity contribution < 1.29 is 14.3 Å². The third kappa shape index (κ3) is 7.24. The molecule has 190 valence electrons. The minimum Gasteiger partial charge on any atom is -0.444 e. The standard InChI is InChI=1S/C26H36ClN5O3/c1-25(2,3)35-24(34)30-20-14-10-9-13-19(20)29-22-18(27)15-17(21(28)31-22)23(33)32-26(4,5)16-11-7-6-8-12-16/h6-8,11-12,15,19-20H,9-10,13-14H2,1-5H3,(H,30,34)(H,32,33)(H3,28,29,31)/t19-,20+/m0/s1. The van der Waals surface area contributed by atoms with Crippen LogP contribution in [0.25, 0.3) is 0 Å². The predicted molar refractivity (Wildman–Crippen MR) is 140 cm³/mol. The summed E-state index contributed by atoms with van der Waals surface area (Å²) in [6.07, 6.45) is 3.18. The van der Waals surface area contributed by atoms with Gasteiger partial charge in [-0.05, 0) is 59.1 Å². The molecule has 8 nitrogen and oxygen atoms in total. The Labute approximate surface area is 212 Å². The summed E-state index contributed by atoms with van der Waals surface area (Å²) in [7, 11) is 0. The molecular weight excluding hydrogens is 466 g/mol. The van der Waals surface area contributed by atoms with Crippen molar-refractivity contribution >= 4 is 35.2 Å². The Morgan fingerprint density at radius 1 is 1.06 bits per heavy atom. The maximum atomic E-state index is 13.0. The fraction of sp³-hybridized carbons (Fsp3) is 0.500. The van der Waals surface area contributed by atoms with E-state index >= 15 is 0 Å². The summed E-state index contributed by atoms with van der Waals surface area (Å²) < 4.78 is 5.41. The van der Waals surface area contributed by atoms with Crippen molar-refractivity contribution in [3.63, 3.8) is 0 Å². The number of pyridine rings is 1. The monoisotopic (exact) mass is 501 g/mol. The molecule has 0 aliphatic heterocycles. The molecule has 2 amide bonds. The summed E-state index contributed by atoms with van der Waals surface area (Å²) in [4.78, 5) is 29.7. The van der Waals surface area contributed by atoms with Crippen LogP contribution in [0.2, 0.25) is 5.02 Å². The zero-order valence-corrected chi connectivity index (χ0v) is 21.8. The van der Waals surface area contributed by atoms with Gasteiger partial charge >= 0.3 is 6.09 Å². The number of nitrogens with zero attached hydrogens (tertiary/aromatic N) is 1. The van der Waals surface area contributed by atoms with Crippen LogP contribution >= 0.6 is 11.6 Å². The van der Waals surface area contributed by atoms with E-state index in [0.717, 1.165) is 31.2 Å². The van der Waals surface area contributed by atoms with E-state index in [-0.39, 0.29) is 34.4 Å². The third-order valence-corrected chi connectivity index (χ3v) is 6.25. The molecule has 5 N–H and O–H groups in total. The number of rotatable bonds is 6. The average Bonchev–Trinajstić information content (AvgIpc) is 2.76. The normalized spacial score (nSPS) is 18.5.